The third-order valence-electron chi connectivity index (χ3n) is 2.71. The van der Waals surface area contributed by atoms with Crippen LogP contribution in [0.3, 0.4) is 0 Å². The molecule has 0 radical (unpaired) electrons. The van der Waals surface area contributed by atoms with Gasteiger partial charge >= 0.3 is 165 Å². The monoisotopic (exact) mass is 330 g/mol. The molecule has 0 aromatic rings. The maximum atomic E-state index is 8.74. The Balaban J connectivity index is -0.000000366. The van der Waals surface area contributed by atoms with Crippen molar-refractivity contribution in [1.29, 1.82) is 0 Å². The van der Waals surface area contributed by atoms with Crippen LogP contribution in [0.4, 0.5) is 0 Å². The number of hydrogen-bond donors (Lipinski definition) is 2. The van der Waals surface area contributed by atoms with E-state index in [0.29, 0.717) is 0 Å². The minimum atomic E-state index is -4.67. The van der Waals surface area contributed by atoms with Gasteiger partial charge in [-0.15, -0.1) is 0 Å². The van der Waals surface area contributed by atoms with Crippen molar-refractivity contribution in [3.8, 4) is 0 Å². The number of rotatable bonds is 10. The first-order chi connectivity index (χ1) is 8.41. The van der Waals surface area contributed by atoms with Gasteiger partial charge in [-0.3, -0.25) is 9.11 Å². The molecule has 4 nitrogen and oxygen atoms in total. The first kappa shape index (κ1) is 26.4. The Kier molecular flexibility index (Phi) is 28.5. The van der Waals surface area contributed by atoms with Gasteiger partial charge in [0.1, 0.15) is 0 Å². The molecule has 0 amide bonds. The predicted octanol–water partition coefficient (Wildman–Crippen LogP) is 3.19. The van der Waals surface area contributed by atoms with Crippen LogP contribution in [0.25, 0.3) is 0 Å². The summed E-state index contributed by atoms with van der Waals surface area (Å²) in [6.07, 6.45) is 14.7. The van der Waals surface area contributed by atoms with Crippen LogP contribution in [-0.2, 0) is 10.4 Å². The van der Waals surface area contributed by atoms with Gasteiger partial charge < -0.3 is 0 Å². The SMILES string of the molecule is CCCCCCCCCCC[CH2][Na].O=S(=O)(O)O.[KH]. The first-order valence-corrected chi connectivity index (χ1v) is 9.92. The zero-order valence-electron chi connectivity index (χ0n) is 11.9. The van der Waals surface area contributed by atoms with E-state index in [-0.39, 0.29) is 51.4 Å². The second kappa shape index (κ2) is 20.5. The quantitative estimate of drug-likeness (QED) is 0.366. The molecule has 2 N–H and O–H groups in total. The van der Waals surface area contributed by atoms with Gasteiger partial charge in [-0.2, -0.15) is 8.42 Å². The molecule has 0 aliphatic rings. The van der Waals surface area contributed by atoms with E-state index in [0.717, 1.165) is 0 Å². The molecule has 0 aliphatic carbocycles. The molecular weight excluding hydrogens is 302 g/mol. The molecule has 0 saturated carbocycles. The molecule has 108 valence electrons. The van der Waals surface area contributed by atoms with Crippen LogP contribution in [-0.4, -0.2) is 96.8 Å². The fourth-order valence-corrected chi connectivity index (χ4v) is 2.24. The van der Waals surface area contributed by atoms with Crippen molar-refractivity contribution in [3.05, 3.63) is 0 Å². The molecule has 0 saturated heterocycles. The third kappa shape index (κ3) is 44.9. The Labute approximate surface area is 179 Å². The van der Waals surface area contributed by atoms with E-state index in [1.165, 1.54) is 95.8 Å². The molecular formula is C12H28KNaO4S. The van der Waals surface area contributed by atoms with Crippen molar-refractivity contribution in [2.45, 2.75) is 74.8 Å². The van der Waals surface area contributed by atoms with Gasteiger partial charge in [0.25, 0.3) is 0 Å². The van der Waals surface area contributed by atoms with E-state index in [1.54, 1.807) is 0 Å². The molecule has 0 aliphatic heterocycles. The van der Waals surface area contributed by atoms with Gasteiger partial charge in [-0.05, 0) is 0 Å². The molecule has 0 fully saturated rings. The van der Waals surface area contributed by atoms with Crippen LogP contribution in [0, 0.1) is 0 Å². The van der Waals surface area contributed by atoms with E-state index in [1.807, 2.05) is 0 Å². The Morgan fingerprint density at radius 3 is 1.32 bits per heavy atom. The van der Waals surface area contributed by atoms with E-state index in [2.05, 4.69) is 6.92 Å². The summed E-state index contributed by atoms with van der Waals surface area (Å²) in [5.41, 5.74) is 0. The zero-order chi connectivity index (χ0) is 14.3. The van der Waals surface area contributed by atoms with Crippen molar-refractivity contribution >= 4 is 89.7 Å². The molecule has 0 bridgehead atoms. The standard InChI is InChI=1S/C12H25.K.Na.H2O4S.H/c1-3-5-7-9-11-12-10-8-6-4-2;;;1-5(2,3)4;/h1,3-12H2,2H3;;;(H2,1,2,3,4);. The van der Waals surface area contributed by atoms with Crippen molar-refractivity contribution in [2.24, 2.45) is 0 Å². The average Bonchev–Trinajstić information content (AvgIpc) is 2.25. The van der Waals surface area contributed by atoms with E-state index in [4.69, 9.17) is 17.5 Å². The van der Waals surface area contributed by atoms with Crippen LogP contribution in [0.15, 0.2) is 0 Å². The Hall–Kier alpha value is 2.51. The van der Waals surface area contributed by atoms with E-state index >= 15 is 0 Å². The van der Waals surface area contributed by atoms with E-state index in [9.17, 15) is 0 Å². The van der Waals surface area contributed by atoms with Crippen LogP contribution in [0.1, 0.15) is 71.1 Å². The van der Waals surface area contributed by atoms with Crippen molar-refractivity contribution in [1.82, 2.24) is 0 Å². The molecule has 0 unspecified atom stereocenters. The fraction of sp³-hybridized carbons (Fsp3) is 1.00. The van der Waals surface area contributed by atoms with Crippen LogP contribution < -0.4 is 0 Å². The van der Waals surface area contributed by atoms with Gasteiger partial charge in [0, 0.05) is 0 Å². The van der Waals surface area contributed by atoms with Crippen molar-refractivity contribution in [2.75, 3.05) is 0 Å². The first-order valence-electron chi connectivity index (χ1n) is 7.11. The second-order valence-corrected chi connectivity index (χ2v) is 6.53. The molecule has 19 heavy (non-hydrogen) atoms. The summed E-state index contributed by atoms with van der Waals surface area (Å²) in [6.45, 7) is 2.29. The van der Waals surface area contributed by atoms with Gasteiger partial charge in [-0.1, -0.05) is 0 Å². The predicted molar refractivity (Wildman–Crippen MR) is 83.7 cm³/mol. The summed E-state index contributed by atoms with van der Waals surface area (Å²) in [4.78, 5) is 0. The van der Waals surface area contributed by atoms with Gasteiger partial charge in [0.05, 0.1) is 0 Å². The van der Waals surface area contributed by atoms with Crippen molar-refractivity contribution in [3.63, 3.8) is 0 Å². The summed E-state index contributed by atoms with van der Waals surface area (Å²) in [5.74, 6) is 0. The summed E-state index contributed by atoms with van der Waals surface area (Å²) in [7, 11) is -4.67. The molecule has 7 heteroatoms. The van der Waals surface area contributed by atoms with E-state index < -0.39 is 10.4 Å². The minimum absolute atomic E-state index is 0. The second-order valence-electron chi connectivity index (χ2n) is 4.63. The van der Waals surface area contributed by atoms with Gasteiger partial charge in [0.2, 0.25) is 0 Å². The summed E-state index contributed by atoms with van der Waals surface area (Å²) in [6, 6.07) is 0. The maximum absolute atomic E-state index is 8.74. The average molecular weight is 331 g/mol. The Morgan fingerprint density at radius 1 is 0.789 bits per heavy atom. The summed E-state index contributed by atoms with van der Waals surface area (Å²) >= 11 is 1.41. The fourth-order valence-electron chi connectivity index (χ4n) is 1.74. The van der Waals surface area contributed by atoms with Crippen LogP contribution >= 0.6 is 0 Å². The number of unbranched alkanes of at least 4 members (excludes halogenated alkanes) is 9. The Morgan fingerprint density at radius 2 is 1.05 bits per heavy atom. The van der Waals surface area contributed by atoms with Gasteiger partial charge in [-0.25, -0.2) is 0 Å². The van der Waals surface area contributed by atoms with Crippen LogP contribution in [0.2, 0.25) is 3.67 Å². The zero-order valence-corrected chi connectivity index (χ0v) is 14.7. The van der Waals surface area contributed by atoms with Crippen molar-refractivity contribution < 1.29 is 17.5 Å². The normalized spacial score (nSPS) is 10.4. The number of hydrogen-bond acceptors (Lipinski definition) is 2. The molecule has 0 heterocycles. The molecule has 0 rings (SSSR count). The van der Waals surface area contributed by atoms with Crippen LogP contribution in [0.5, 0.6) is 0 Å². The molecule has 0 aromatic carbocycles. The summed E-state index contributed by atoms with van der Waals surface area (Å²) < 4.78 is 33.1. The summed E-state index contributed by atoms with van der Waals surface area (Å²) in [5, 5.41) is 0. The molecule has 0 aromatic heterocycles. The molecule has 0 atom stereocenters. The third-order valence-corrected chi connectivity index (χ3v) is 3.41. The van der Waals surface area contributed by atoms with Gasteiger partial charge in [0.15, 0.2) is 0 Å². The topological polar surface area (TPSA) is 74.6 Å². The Bertz CT molecular complexity index is 230. The molecule has 0 spiro atoms.